The molecule has 2 N–H and O–H groups in total. The standard InChI is InChI=1S/C12H19NO/c1-9-4-5-10(2)12(6-9)8-14-7-11(3)13/h4-6,11H,7-8,13H2,1-3H3. The number of nitrogens with two attached hydrogens (primary N) is 1. The molecule has 0 radical (unpaired) electrons. The fourth-order valence-corrected chi connectivity index (χ4v) is 1.31. The Hall–Kier alpha value is -0.860. The fourth-order valence-electron chi connectivity index (χ4n) is 1.31. The molecule has 2 heteroatoms. The van der Waals surface area contributed by atoms with Crippen molar-refractivity contribution in [3.63, 3.8) is 0 Å². The summed E-state index contributed by atoms with van der Waals surface area (Å²) in [7, 11) is 0. The largest absolute Gasteiger partial charge is 0.375 e. The van der Waals surface area contributed by atoms with E-state index in [9.17, 15) is 0 Å². The second kappa shape index (κ2) is 5.13. The molecule has 0 saturated heterocycles. The summed E-state index contributed by atoms with van der Waals surface area (Å²) in [5, 5.41) is 0. The van der Waals surface area contributed by atoms with Gasteiger partial charge < -0.3 is 10.5 Å². The van der Waals surface area contributed by atoms with E-state index in [1.54, 1.807) is 0 Å². The molecule has 1 aromatic rings. The lowest BCUT2D eigenvalue weighted by atomic mass is 10.1. The Kier molecular flexibility index (Phi) is 4.11. The number of benzene rings is 1. The first-order chi connectivity index (χ1) is 6.59. The molecule has 14 heavy (non-hydrogen) atoms. The molecule has 0 aliphatic rings. The second-order valence-corrected chi connectivity index (χ2v) is 3.92. The van der Waals surface area contributed by atoms with Gasteiger partial charge in [-0.2, -0.15) is 0 Å². The zero-order valence-electron chi connectivity index (χ0n) is 9.21. The minimum atomic E-state index is 0.111. The van der Waals surface area contributed by atoms with Crippen LogP contribution in [-0.2, 0) is 11.3 Å². The third kappa shape index (κ3) is 3.48. The van der Waals surface area contributed by atoms with Crippen LogP contribution in [0.3, 0.4) is 0 Å². The third-order valence-electron chi connectivity index (χ3n) is 2.14. The van der Waals surface area contributed by atoms with Gasteiger partial charge in [-0.15, -0.1) is 0 Å². The van der Waals surface area contributed by atoms with E-state index < -0.39 is 0 Å². The molecule has 1 rings (SSSR count). The quantitative estimate of drug-likeness (QED) is 0.795. The Labute approximate surface area is 86.1 Å². The summed E-state index contributed by atoms with van der Waals surface area (Å²) < 4.78 is 5.49. The molecule has 1 unspecified atom stereocenters. The summed E-state index contributed by atoms with van der Waals surface area (Å²) in [6.45, 7) is 7.42. The number of hydrogen-bond donors (Lipinski definition) is 1. The number of ether oxygens (including phenoxy) is 1. The van der Waals surface area contributed by atoms with Crippen LogP contribution in [-0.4, -0.2) is 12.6 Å². The summed E-state index contributed by atoms with van der Waals surface area (Å²) in [6, 6.07) is 6.51. The van der Waals surface area contributed by atoms with Crippen LogP contribution in [0, 0.1) is 13.8 Å². The van der Waals surface area contributed by atoms with Gasteiger partial charge in [0, 0.05) is 6.04 Å². The van der Waals surface area contributed by atoms with Crippen LogP contribution in [0.25, 0.3) is 0 Å². The zero-order chi connectivity index (χ0) is 10.6. The van der Waals surface area contributed by atoms with E-state index in [0.717, 1.165) is 0 Å². The molecule has 2 nitrogen and oxygen atoms in total. The monoisotopic (exact) mass is 193 g/mol. The van der Waals surface area contributed by atoms with Crippen molar-refractivity contribution in [1.82, 2.24) is 0 Å². The van der Waals surface area contributed by atoms with Gasteiger partial charge in [-0.25, -0.2) is 0 Å². The lowest BCUT2D eigenvalue weighted by molar-refractivity contribution is 0.111. The van der Waals surface area contributed by atoms with E-state index in [2.05, 4.69) is 32.0 Å². The molecule has 0 aromatic heterocycles. The van der Waals surface area contributed by atoms with E-state index in [-0.39, 0.29) is 6.04 Å². The summed E-state index contributed by atoms with van der Waals surface area (Å²) in [5.41, 5.74) is 9.41. The summed E-state index contributed by atoms with van der Waals surface area (Å²) in [6.07, 6.45) is 0. The van der Waals surface area contributed by atoms with Crippen molar-refractivity contribution in [2.45, 2.75) is 33.4 Å². The highest BCUT2D eigenvalue weighted by Crippen LogP contribution is 2.11. The summed E-state index contributed by atoms with van der Waals surface area (Å²) in [4.78, 5) is 0. The zero-order valence-corrected chi connectivity index (χ0v) is 9.21. The van der Waals surface area contributed by atoms with Crippen molar-refractivity contribution < 1.29 is 4.74 Å². The van der Waals surface area contributed by atoms with Gasteiger partial charge in [0.2, 0.25) is 0 Å². The maximum Gasteiger partial charge on any atom is 0.0720 e. The van der Waals surface area contributed by atoms with E-state index in [0.29, 0.717) is 13.2 Å². The molecular weight excluding hydrogens is 174 g/mol. The molecule has 0 bridgehead atoms. The smallest absolute Gasteiger partial charge is 0.0720 e. The molecule has 1 aromatic carbocycles. The Morgan fingerprint density at radius 3 is 2.71 bits per heavy atom. The van der Waals surface area contributed by atoms with Crippen LogP contribution >= 0.6 is 0 Å². The Morgan fingerprint density at radius 1 is 1.36 bits per heavy atom. The Balaban J connectivity index is 2.53. The van der Waals surface area contributed by atoms with Crippen molar-refractivity contribution in [3.05, 3.63) is 34.9 Å². The minimum Gasteiger partial charge on any atom is -0.375 e. The van der Waals surface area contributed by atoms with Gasteiger partial charge in [0.1, 0.15) is 0 Å². The first kappa shape index (κ1) is 11.2. The van der Waals surface area contributed by atoms with Crippen molar-refractivity contribution in [1.29, 1.82) is 0 Å². The SMILES string of the molecule is Cc1ccc(C)c(COCC(C)N)c1. The van der Waals surface area contributed by atoms with Gasteiger partial charge in [-0.3, -0.25) is 0 Å². The van der Waals surface area contributed by atoms with Crippen molar-refractivity contribution in [2.24, 2.45) is 5.73 Å². The highest BCUT2D eigenvalue weighted by Gasteiger charge is 2.00. The molecule has 0 aliphatic carbocycles. The van der Waals surface area contributed by atoms with Crippen LogP contribution in [0.4, 0.5) is 0 Å². The number of aryl methyl sites for hydroxylation is 2. The average molecular weight is 193 g/mol. The molecule has 78 valence electrons. The molecule has 0 aliphatic heterocycles. The molecule has 0 spiro atoms. The lowest BCUT2D eigenvalue weighted by Gasteiger charge is -2.09. The molecule has 0 fully saturated rings. The first-order valence-electron chi connectivity index (χ1n) is 4.99. The second-order valence-electron chi connectivity index (χ2n) is 3.92. The van der Waals surface area contributed by atoms with Crippen LogP contribution in [0.15, 0.2) is 18.2 Å². The van der Waals surface area contributed by atoms with Gasteiger partial charge >= 0.3 is 0 Å². The first-order valence-corrected chi connectivity index (χ1v) is 4.99. The fraction of sp³-hybridized carbons (Fsp3) is 0.500. The highest BCUT2D eigenvalue weighted by molar-refractivity contribution is 5.29. The van der Waals surface area contributed by atoms with Crippen molar-refractivity contribution >= 4 is 0 Å². The van der Waals surface area contributed by atoms with Gasteiger partial charge in [0.05, 0.1) is 13.2 Å². The summed E-state index contributed by atoms with van der Waals surface area (Å²) >= 11 is 0. The van der Waals surface area contributed by atoms with Crippen LogP contribution in [0.5, 0.6) is 0 Å². The van der Waals surface area contributed by atoms with Crippen molar-refractivity contribution in [3.8, 4) is 0 Å². The Bertz CT molecular complexity index is 294. The van der Waals surface area contributed by atoms with E-state index in [1.807, 2.05) is 6.92 Å². The molecular formula is C12H19NO. The topological polar surface area (TPSA) is 35.2 Å². The third-order valence-corrected chi connectivity index (χ3v) is 2.14. The number of hydrogen-bond acceptors (Lipinski definition) is 2. The molecule has 0 heterocycles. The highest BCUT2D eigenvalue weighted by atomic mass is 16.5. The van der Waals surface area contributed by atoms with E-state index in [1.165, 1.54) is 16.7 Å². The van der Waals surface area contributed by atoms with Gasteiger partial charge in [-0.05, 0) is 31.9 Å². The number of rotatable bonds is 4. The summed E-state index contributed by atoms with van der Waals surface area (Å²) in [5.74, 6) is 0. The predicted molar refractivity (Wildman–Crippen MR) is 59.2 cm³/mol. The maximum absolute atomic E-state index is 5.60. The van der Waals surface area contributed by atoms with Gasteiger partial charge in [0.15, 0.2) is 0 Å². The van der Waals surface area contributed by atoms with Gasteiger partial charge in [-0.1, -0.05) is 23.8 Å². The molecule has 0 saturated carbocycles. The Morgan fingerprint density at radius 2 is 2.07 bits per heavy atom. The molecule has 1 atom stereocenters. The molecule has 0 amide bonds. The van der Waals surface area contributed by atoms with Gasteiger partial charge in [0.25, 0.3) is 0 Å². The maximum atomic E-state index is 5.60. The predicted octanol–water partition coefficient (Wildman–Crippen LogP) is 2.17. The lowest BCUT2D eigenvalue weighted by Crippen LogP contribution is -2.21. The average Bonchev–Trinajstić information content (AvgIpc) is 2.10. The van der Waals surface area contributed by atoms with E-state index >= 15 is 0 Å². The van der Waals surface area contributed by atoms with Crippen LogP contribution in [0.1, 0.15) is 23.6 Å². The normalized spacial score (nSPS) is 12.9. The van der Waals surface area contributed by atoms with Crippen LogP contribution < -0.4 is 5.73 Å². The van der Waals surface area contributed by atoms with E-state index in [4.69, 9.17) is 10.5 Å². The van der Waals surface area contributed by atoms with Crippen molar-refractivity contribution in [2.75, 3.05) is 6.61 Å². The minimum absolute atomic E-state index is 0.111. The van der Waals surface area contributed by atoms with Crippen LogP contribution in [0.2, 0.25) is 0 Å².